The van der Waals surface area contributed by atoms with E-state index in [1.165, 1.54) is 0 Å². The van der Waals surface area contributed by atoms with E-state index in [1.807, 2.05) is 6.07 Å². The lowest BCUT2D eigenvalue weighted by Crippen LogP contribution is -2.06. The van der Waals surface area contributed by atoms with Crippen molar-refractivity contribution in [2.45, 2.75) is 12.2 Å². The molecule has 1 aromatic rings. The lowest BCUT2D eigenvalue weighted by Gasteiger charge is -2.00. The van der Waals surface area contributed by atoms with Gasteiger partial charge in [0.1, 0.15) is 0 Å². The summed E-state index contributed by atoms with van der Waals surface area (Å²) >= 11 is 3.26. The van der Waals surface area contributed by atoms with Gasteiger partial charge in [-0.2, -0.15) is 0 Å². The van der Waals surface area contributed by atoms with Crippen molar-refractivity contribution in [3.63, 3.8) is 0 Å². The van der Waals surface area contributed by atoms with E-state index in [2.05, 4.69) is 20.9 Å². The van der Waals surface area contributed by atoms with E-state index in [-0.39, 0.29) is 12.2 Å². The van der Waals surface area contributed by atoms with Gasteiger partial charge in [0.05, 0.1) is 12.2 Å². The van der Waals surface area contributed by atoms with Crippen LogP contribution in [0.3, 0.4) is 0 Å². The molecule has 0 amide bonds. The van der Waals surface area contributed by atoms with Crippen LogP contribution in [0.5, 0.6) is 0 Å². The Bertz CT molecular complexity index is 383. The summed E-state index contributed by atoms with van der Waals surface area (Å²) < 4.78 is 12.3. The molecule has 6 heteroatoms. The number of halogens is 1. The molecule has 1 atom stereocenters. The maximum absolute atomic E-state index is 11.4. The van der Waals surface area contributed by atoms with E-state index >= 15 is 0 Å². The molecule has 1 aromatic heterocycles. The smallest absolute Gasteiger partial charge is 0.304 e. The fourth-order valence-electron chi connectivity index (χ4n) is 0.994. The molecule has 0 aliphatic carbocycles. The summed E-state index contributed by atoms with van der Waals surface area (Å²) in [6.07, 6.45) is 3.21. The Morgan fingerprint density at radius 1 is 1.53 bits per heavy atom. The van der Waals surface area contributed by atoms with Gasteiger partial charge in [-0.1, -0.05) is 0 Å². The maximum Gasteiger partial charge on any atom is 0.304 e. The van der Waals surface area contributed by atoms with Gasteiger partial charge < -0.3 is 5.11 Å². The van der Waals surface area contributed by atoms with E-state index in [1.54, 1.807) is 12.4 Å². The molecule has 15 heavy (non-hydrogen) atoms. The first-order chi connectivity index (χ1) is 7.08. The van der Waals surface area contributed by atoms with Gasteiger partial charge in [0.15, 0.2) is 0 Å². The fourth-order valence-corrected chi connectivity index (χ4v) is 2.48. The molecule has 4 nitrogen and oxygen atoms in total. The molecule has 0 saturated carbocycles. The Morgan fingerprint density at radius 3 is 2.87 bits per heavy atom. The highest BCUT2D eigenvalue weighted by Crippen LogP contribution is 2.11. The van der Waals surface area contributed by atoms with E-state index in [4.69, 9.17) is 5.11 Å². The number of hydrogen-bond acceptors (Lipinski definition) is 3. The van der Waals surface area contributed by atoms with Crippen molar-refractivity contribution in [2.24, 2.45) is 0 Å². The minimum atomic E-state index is -1.14. The second-order valence-corrected chi connectivity index (χ2v) is 5.44. The molecule has 0 saturated heterocycles. The minimum Gasteiger partial charge on any atom is -0.481 e. The normalized spacial score (nSPS) is 12.3. The Hall–Kier alpha value is -0.750. The molecule has 1 N–H and O–H groups in total. The number of nitrogens with zero attached hydrogens (tertiary/aromatic N) is 1. The largest absolute Gasteiger partial charge is 0.481 e. The van der Waals surface area contributed by atoms with Gasteiger partial charge in [-0.3, -0.25) is 14.0 Å². The average Bonchev–Trinajstić information content (AvgIpc) is 2.15. The van der Waals surface area contributed by atoms with Gasteiger partial charge in [0.25, 0.3) is 0 Å². The molecule has 82 valence electrons. The van der Waals surface area contributed by atoms with Gasteiger partial charge in [-0.15, -0.1) is 0 Å². The van der Waals surface area contributed by atoms with E-state index in [0.717, 1.165) is 10.0 Å². The number of carbonyl (C=O) groups is 1. The summed E-state index contributed by atoms with van der Waals surface area (Å²) in [6.45, 7) is 0. The van der Waals surface area contributed by atoms with Crippen molar-refractivity contribution in [1.29, 1.82) is 0 Å². The number of rotatable bonds is 5. The average molecular weight is 292 g/mol. The maximum atomic E-state index is 11.4. The quantitative estimate of drug-likeness (QED) is 0.894. The summed E-state index contributed by atoms with van der Waals surface area (Å²) in [5.41, 5.74) is 0.841. The fraction of sp³-hybridized carbons (Fsp3) is 0.333. The van der Waals surface area contributed by atoms with Crippen molar-refractivity contribution in [1.82, 2.24) is 4.98 Å². The zero-order chi connectivity index (χ0) is 11.3. The van der Waals surface area contributed by atoms with Crippen LogP contribution in [0.15, 0.2) is 22.9 Å². The monoisotopic (exact) mass is 291 g/mol. The summed E-state index contributed by atoms with van der Waals surface area (Å²) in [7, 11) is -1.14. The van der Waals surface area contributed by atoms with Crippen LogP contribution in [0.1, 0.15) is 12.0 Å². The number of aromatic nitrogens is 1. The molecule has 0 bridgehead atoms. The molecule has 0 aliphatic rings. The number of pyridine rings is 1. The first-order valence-corrected chi connectivity index (χ1v) is 6.52. The van der Waals surface area contributed by atoms with E-state index in [0.29, 0.717) is 5.75 Å². The third-order valence-corrected chi connectivity index (χ3v) is 3.38. The lowest BCUT2D eigenvalue weighted by atomic mass is 10.3. The number of carboxylic acid groups (broad SMARTS) is 1. The highest BCUT2D eigenvalue weighted by atomic mass is 79.9. The van der Waals surface area contributed by atoms with Crippen LogP contribution >= 0.6 is 15.9 Å². The van der Waals surface area contributed by atoms with Gasteiger partial charge in [0.2, 0.25) is 0 Å². The van der Waals surface area contributed by atoms with Crippen LogP contribution in [0.25, 0.3) is 0 Å². The second-order valence-electron chi connectivity index (χ2n) is 2.94. The molecule has 0 fully saturated rings. The standard InChI is InChI=1S/C9H10BrNO3S/c10-8-3-7(4-11-5-8)6-15(14)2-1-9(12)13/h3-5H,1-2,6H2,(H,12,13). The third-order valence-electron chi connectivity index (χ3n) is 1.63. The van der Waals surface area contributed by atoms with Gasteiger partial charge in [0, 0.05) is 33.4 Å². The van der Waals surface area contributed by atoms with Crippen LogP contribution in [0.4, 0.5) is 0 Å². The summed E-state index contributed by atoms with van der Waals surface area (Å²) in [5, 5.41) is 8.42. The minimum absolute atomic E-state index is 0.0615. The second kappa shape index (κ2) is 5.97. The predicted molar refractivity (Wildman–Crippen MR) is 60.9 cm³/mol. The molecular formula is C9H10BrNO3S. The Morgan fingerprint density at radius 2 is 2.27 bits per heavy atom. The lowest BCUT2D eigenvalue weighted by molar-refractivity contribution is -0.136. The van der Waals surface area contributed by atoms with Crippen LogP contribution in [0.2, 0.25) is 0 Å². The van der Waals surface area contributed by atoms with Crippen molar-refractivity contribution >= 4 is 32.7 Å². The predicted octanol–water partition coefficient (Wildman–Crippen LogP) is 1.57. The summed E-state index contributed by atoms with van der Waals surface area (Å²) in [5.74, 6) is -0.391. The van der Waals surface area contributed by atoms with Gasteiger partial charge in [-0.25, -0.2) is 0 Å². The van der Waals surface area contributed by atoms with Crippen molar-refractivity contribution in [2.75, 3.05) is 5.75 Å². The first kappa shape index (κ1) is 12.3. The number of carboxylic acids is 1. The van der Waals surface area contributed by atoms with Crippen LogP contribution in [-0.2, 0) is 21.3 Å². The van der Waals surface area contributed by atoms with Crippen LogP contribution in [0, 0.1) is 0 Å². The third kappa shape index (κ3) is 5.03. The Balaban J connectivity index is 2.48. The molecular weight excluding hydrogens is 282 g/mol. The highest BCUT2D eigenvalue weighted by Gasteiger charge is 2.05. The zero-order valence-electron chi connectivity index (χ0n) is 7.85. The zero-order valence-corrected chi connectivity index (χ0v) is 10.3. The van der Waals surface area contributed by atoms with Gasteiger partial charge >= 0.3 is 5.97 Å². The Labute approximate surface area is 98.3 Å². The molecule has 1 unspecified atom stereocenters. The molecule has 0 aromatic carbocycles. The summed E-state index contributed by atoms with van der Waals surface area (Å²) in [4.78, 5) is 14.2. The number of hydrogen-bond donors (Lipinski definition) is 1. The van der Waals surface area contributed by atoms with E-state index < -0.39 is 16.8 Å². The summed E-state index contributed by atoms with van der Waals surface area (Å²) in [6, 6.07) is 1.83. The topological polar surface area (TPSA) is 67.3 Å². The van der Waals surface area contributed by atoms with Crippen molar-refractivity contribution in [3.8, 4) is 0 Å². The SMILES string of the molecule is O=C(O)CCS(=O)Cc1cncc(Br)c1. The van der Waals surface area contributed by atoms with E-state index in [9.17, 15) is 9.00 Å². The van der Waals surface area contributed by atoms with Gasteiger partial charge in [-0.05, 0) is 27.6 Å². The molecule has 0 spiro atoms. The number of aliphatic carboxylic acids is 1. The highest BCUT2D eigenvalue weighted by molar-refractivity contribution is 9.10. The Kier molecular flexibility index (Phi) is 4.90. The molecule has 1 heterocycles. The molecule has 0 aliphatic heterocycles. The molecule has 1 rings (SSSR count). The van der Waals surface area contributed by atoms with Crippen LogP contribution in [-0.4, -0.2) is 26.0 Å². The van der Waals surface area contributed by atoms with Crippen LogP contribution < -0.4 is 0 Å². The van der Waals surface area contributed by atoms with Crippen molar-refractivity contribution < 1.29 is 14.1 Å². The first-order valence-electron chi connectivity index (χ1n) is 4.24. The van der Waals surface area contributed by atoms with Crippen molar-refractivity contribution in [3.05, 3.63) is 28.5 Å². The molecule has 0 radical (unpaired) electrons.